The Morgan fingerprint density at radius 3 is 2.76 bits per heavy atom. The lowest BCUT2D eigenvalue weighted by atomic mass is 9.94. The normalized spacial score (nSPS) is 22.5. The summed E-state index contributed by atoms with van der Waals surface area (Å²) < 4.78 is 11.1. The number of hydrogen-bond acceptors (Lipinski definition) is 4. The zero-order valence-corrected chi connectivity index (χ0v) is 16.3. The summed E-state index contributed by atoms with van der Waals surface area (Å²) in [4.78, 5) is 7.16. The molecule has 0 aromatic carbocycles. The predicted molar refractivity (Wildman–Crippen MR) is 103 cm³/mol. The summed E-state index contributed by atoms with van der Waals surface area (Å²) in [5, 5.41) is 6.79. The Balaban J connectivity index is 1.57. The van der Waals surface area contributed by atoms with Crippen molar-refractivity contribution in [3.05, 3.63) is 0 Å². The molecule has 0 aromatic rings. The first-order chi connectivity index (χ1) is 12.3. The van der Waals surface area contributed by atoms with Crippen molar-refractivity contribution in [2.24, 2.45) is 4.99 Å². The van der Waals surface area contributed by atoms with E-state index in [4.69, 9.17) is 9.47 Å². The van der Waals surface area contributed by atoms with Crippen molar-refractivity contribution < 1.29 is 9.47 Å². The first-order valence-electron chi connectivity index (χ1n) is 10.2. The van der Waals surface area contributed by atoms with Gasteiger partial charge < -0.3 is 25.0 Å². The van der Waals surface area contributed by atoms with Crippen LogP contribution in [-0.4, -0.2) is 76.1 Å². The van der Waals surface area contributed by atoms with Crippen LogP contribution < -0.4 is 10.6 Å². The molecule has 6 nitrogen and oxygen atoms in total. The summed E-state index contributed by atoms with van der Waals surface area (Å²) in [5.41, 5.74) is 0. The Hall–Kier alpha value is -0.850. The second kappa shape index (κ2) is 12.5. The number of ether oxygens (including phenoxy) is 2. The Labute approximate surface area is 153 Å². The number of nitrogens with zero attached hydrogens (tertiary/aromatic N) is 2. The van der Waals surface area contributed by atoms with Gasteiger partial charge in [0.05, 0.1) is 12.7 Å². The van der Waals surface area contributed by atoms with E-state index in [-0.39, 0.29) is 0 Å². The van der Waals surface area contributed by atoms with Crippen molar-refractivity contribution in [3.63, 3.8) is 0 Å². The molecule has 0 aromatic heterocycles. The molecule has 2 N–H and O–H groups in total. The standard InChI is InChI=1S/C19H38N4O2/c1-3-20-19(21-11-7-14-25-18-10-15-24-16-18)22-12-13-23(2)17-8-5-4-6-9-17/h17-18H,3-16H2,1-2H3,(H2,20,21,22). The third-order valence-corrected chi connectivity index (χ3v) is 5.11. The first-order valence-corrected chi connectivity index (χ1v) is 10.2. The number of rotatable bonds is 10. The molecule has 1 unspecified atom stereocenters. The van der Waals surface area contributed by atoms with Gasteiger partial charge in [0, 0.05) is 45.4 Å². The lowest BCUT2D eigenvalue weighted by Crippen LogP contribution is -2.43. The number of nitrogens with one attached hydrogen (secondary N) is 2. The van der Waals surface area contributed by atoms with Gasteiger partial charge in [-0.3, -0.25) is 4.99 Å². The molecule has 1 aliphatic carbocycles. The molecule has 1 saturated heterocycles. The Bertz CT molecular complexity index is 366. The maximum absolute atomic E-state index is 5.78. The minimum atomic E-state index is 0.297. The second-order valence-electron chi connectivity index (χ2n) is 7.17. The van der Waals surface area contributed by atoms with E-state index in [9.17, 15) is 0 Å². The molecule has 2 aliphatic rings. The van der Waals surface area contributed by atoms with Gasteiger partial charge in [-0.25, -0.2) is 0 Å². The van der Waals surface area contributed by atoms with Gasteiger partial charge in [0.15, 0.2) is 5.96 Å². The summed E-state index contributed by atoms with van der Waals surface area (Å²) >= 11 is 0. The number of aliphatic imine (C=N–C) groups is 1. The third kappa shape index (κ3) is 8.38. The summed E-state index contributed by atoms with van der Waals surface area (Å²) in [5.74, 6) is 0.920. The van der Waals surface area contributed by atoms with Crippen LogP contribution in [0.4, 0.5) is 0 Å². The van der Waals surface area contributed by atoms with Crippen LogP contribution in [0.2, 0.25) is 0 Å². The van der Waals surface area contributed by atoms with Crippen molar-refractivity contribution in [3.8, 4) is 0 Å². The first kappa shape index (κ1) is 20.5. The Kier molecular flexibility index (Phi) is 10.2. The maximum Gasteiger partial charge on any atom is 0.191 e. The molecular formula is C19H38N4O2. The van der Waals surface area contributed by atoms with Crippen LogP contribution in [-0.2, 0) is 9.47 Å². The van der Waals surface area contributed by atoms with Crippen LogP contribution >= 0.6 is 0 Å². The minimum Gasteiger partial charge on any atom is -0.379 e. The topological polar surface area (TPSA) is 58.1 Å². The van der Waals surface area contributed by atoms with Gasteiger partial charge in [-0.15, -0.1) is 0 Å². The third-order valence-electron chi connectivity index (χ3n) is 5.11. The average Bonchev–Trinajstić information content (AvgIpc) is 3.15. The lowest BCUT2D eigenvalue weighted by molar-refractivity contribution is 0.0424. The molecule has 6 heteroatoms. The van der Waals surface area contributed by atoms with Crippen molar-refractivity contribution >= 4 is 5.96 Å². The fourth-order valence-electron chi connectivity index (χ4n) is 3.55. The number of guanidine groups is 1. The zero-order valence-electron chi connectivity index (χ0n) is 16.3. The van der Waals surface area contributed by atoms with Crippen molar-refractivity contribution in [2.45, 2.75) is 64.0 Å². The van der Waals surface area contributed by atoms with Gasteiger partial charge >= 0.3 is 0 Å². The van der Waals surface area contributed by atoms with E-state index >= 15 is 0 Å². The van der Waals surface area contributed by atoms with E-state index in [2.05, 4.69) is 34.5 Å². The SMILES string of the molecule is CCNC(=NCCCOC1CCOC1)NCCN(C)C1CCCCC1. The molecule has 1 aliphatic heterocycles. The molecule has 2 fully saturated rings. The summed E-state index contributed by atoms with van der Waals surface area (Å²) in [6.07, 6.45) is 9.19. The highest BCUT2D eigenvalue weighted by Gasteiger charge is 2.17. The summed E-state index contributed by atoms with van der Waals surface area (Å²) in [6, 6.07) is 0.770. The van der Waals surface area contributed by atoms with Gasteiger partial charge in [0.2, 0.25) is 0 Å². The molecule has 0 radical (unpaired) electrons. The van der Waals surface area contributed by atoms with Crippen LogP contribution in [0.25, 0.3) is 0 Å². The highest BCUT2D eigenvalue weighted by atomic mass is 16.5. The Morgan fingerprint density at radius 2 is 2.04 bits per heavy atom. The molecule has 0 spiro atoms. The quantitative estimate of drug-likeness (QED) is 0.357. The lowest BCUT2D eigenvalue weighted by Gasteiger charge is -2.31. The smallest absolute Gasteiger partial charge is 0.191 e. The molecule has 146 valence electrons. The fourth-order valence-corrected chi connectivity index (χ4v) is 3.55. The van der Waals surface area contributed by atoms with Crippen LogP contribution in [0.3, 0.4) is 0 Å². The van der Waals surface area contributed by atoms with Crippen LogP contribution in [0.15, 0.2) is 4.99 Å². The highest BCUT2D eigenvalue weighted by Crippen LogP contribution is 2.21. The van der Waals surface area contributed by atoms with Gasteiger partial charge in [-0.05, 0) is 39.7 Å². The molecule has 1 atom stereocenters. The van der Waals surface area contributed by atoms with Crippen LogP contribution in [0.5, 0.6) is 0 Å². The Morgan fingerprint density at radius 1 is 1.20 bits per heavy atom. The van der Waals surface area contributed by atoms with Crippen LogP contribution in [0, 0.1) is 0 Å². The monoisotopic (exact) mass is 354 g/mol. The molecule has 1 heterocycles. The zero-order chi connectivity index (χ0) is 17.7. The summed E-state index contributed by atoms with van der Waals surface area (Å²) in [6.45, 7) is 8.15. The molecule has 2 rings (SSSR count). The van der Waals surface area contributed by atoms with Crippen molar-refractivity contribution in [1.82, 2.24) is 15.5 Å². The predicted octanol–water partition coefficient (Wildman–Crippen LogP) is 2.00. The van der Waals surface area contributed by atoms with Gasteiger partial charge in [0.1, 0.15) is 0 Å². The van der Waals surface area contributed by atoms with E-state index in [1.54, 1.807) is 0 Å². The van der Waals surface area contributed by atoms with E-state index in [1.165, 1.54) is 32.1 Å². The van der Waals surface area contributed by atoms with E-state index in [0.29, 0.717) is 6.10 Å². The van der Waals surface area contributed by atoms with E-state index < -0.39 is 0 Å². The van der Waals surface area contributed by atoms with Crippen LogP contribution in [0.1, 0.15) is 51.9 Å². The van der Waals surface area contributed by atoms with Gasteiger partial charge in [0.25, 0.3) is 0 Å². The minimum absolute atomic E-state index is 0.297. The highest BCUT2D eigenvalue weighted by molar-refractivity contribution is 5.79. The number of hydrogen-bond donors (Lipinski definition) is 2. The van der Waals surface area contributed by atoms with E-state index in [1.807, 2.05) is 0 Å². The molecule has 0 bridgehead atoms. The van der Waals surface area contributed by atoms with E-state index in [0.717, 1.165) is 70.8 Å². The van der Waals surface area contributed by atoms with Crippen molar-refractivity contribution in [2.75, 3.05) is 53.0 Å². The van der Waals surface area contributed by atoms with Gasteiger partial charge in [-0.2, -0.15) is 0 Å². The number of likely N-dealkylation sites (N-methyl/N-ethyl adjacent to an activating group) is 1. The average molecular weight is 355 g/mol. The molecular weight excluding hydrogens is 316 g/mol. The molecule has 0 amide bonds. The molecule has 25 heavy (non-hydrogen) atoms. The largest absolute Gasteiger partial charge is 0.379 e. The molecule has 1 saturated carbocycles. The van der Waals surface area contributed by atoms with Crippen molar-refractivity contribution in [1.29, 1.82) is 0 Å². The maximum atomic E-state index is 5.78. The van der Waals surface area contributed by atoms with Gasteiger partial charge in [-0.1, -0.05) is 19.3 Å². The summed E-state index contributed by atoms with van der Waals surface area (Å²) in [7, 11) is 2.26. The fraction of sp³-hybridized carbons (Fsp3) is 0.947. The second-order valence-corrected chi connectivity index (χ2v) is 7.17.